The summed E-state index contributed by atoms with van der Waals surface area (Å²) < 4.78 is 0. The molecule has 1 aliphatic carbocycles. The first-order valence-electron chi connectivity index (χ1n) is 10.2. The molecule has 4 N–H and O–H groups in total. The molecular weight excluding hydrogens is 344 g/mol. The van der Waals surface area contributed by atoms with Crippen molar-refractivity contribution >= 4 is 5.97 Å². The van der Waals surface area contributed by atoms with Gasteiger partial charge in [0.15, 0.2) is 0 Å². The lowest BCUT2D eigenvalue weighted by molar-refractivity contribution is -0.137. The Kier molecular flexibility index (Phi) is 8.74. The average Bonchev–Trinajstić information content (AvgIpc) is 2.89. The molecule has 0 spiro atoms. The molecule has 0 radical (unpaired) electrons. The van der Waals surface area contributed by atoms with Crippen LogP contribution in [0.2, 0.25) is 0 Å². The van der Waals surface area contributed by atoms with Crippen LogP contribution in [0, 0.1) is 18.8 Å². The van der Waals surface area contributed by atoms with E-state index in [0.717, 1.165) is 36.8 Å². The van der Waals surface area contributed by atoms with Crippen LogP contribution in [0.15, 0.2) is 24.3 Å². The van der Waals surface area contributed by atoms with Gasteiger partial charge in [-0.3, -0.25) is 4.79 Å². The molecule has 0 aliphatic heterocycles. The van der Waals surface area contributed by atoms with Crippen molar-refractivity contribution in [2.24, 2.45) is 11.8 Å². The van der Waals surface area contributed by atoms with Gasteiger partial charge in [-0.05, 0) is 56.4 Å². The lowest BCUT2D eigenvalue weighted by Crippen LogP contribution is -2.23. The van der Waals surface area contributed by atoms with Crippen molar-refractivity contribution in [3.05, 3.63) is 35.4 Å². The van der Waals surface area contributed by atoms with Crippen LogP contribution in [0.25, 0.3) is 0 Å². The van der Waals surface area contributed by atoms with E-state index in [1.807, 2.05) is 31.2 Å². The number of carbonyl (C=O) groups is 1. The third kappa shape index (κ3) is 6.91. The second kappa shape index (κ2) is 10.8. The van der Waals surface area contributed by atoms with Crippen molar-refractivity contribution in [3.8, 4) is 0 Å². The van der Waals surface area contributed by atoms with E-state index in [2.05, 4.69) is 0 Å². The minimum atomic E-state index is -0.753. The maximum atomic E-state index is 10.5. The van der Waals surface area contributed by atoms with Crippen molar-refractivity contribution in [3.63, 3.8) is 0 Å². The molecule has 27 heavy (non-hydrogen) atoms. The summed E-state index contributed by atoms with van der Waals surface area (Å²) in [6.45, 7) is 2.01. The van der Waals surface area contributed by atoms with Gasteiger partial charge in [-0.25, -0.2) is 0 Å². The first-order valence-corrected chi connectivity index (χ1v) is 10.2. The van der Waals surface area contributed by atoms with Gasteiger partial charge in [-0.2, -0.15) is 0 Å². The first kappa shape index (κ1) is 21.9. The summed E-state index contributed by atoms with van der Waals surface area (Å²) in [5.74, 6) is -0.680. The molecule has 5 heteroatoms. The van der Waals surface area contributed by atoms with Gasteiger partial charge >= 0.3 is 5.97 Å². The Balaban J connectivity index is 1.78. The van der Waals surface area contributed by atoms with E-state index in [0.29, 0.717) is 25.7 Å². The third-order valence-electron chi connectivity index (χ3n) is 5.94. The highest BCUT2D eigenvalue weighted by molar-refractivity contribution is 5.66. The number of hydrogen-bond acceptors (Lipinski definition) is 4. The Labute approximate surface area is 162 Å². The lowest BCUT2D eigenvalue weighted by atomic mass is 9.84. The molecule has 1 aromatic rings. The Morgan fingerprint density at radius 2 is 1.59 bits per heavy atom. The predicted molar refractivity (Wildman–Crippen MR) is 104 cm³/mol. The van der Waals surface area contributed by atoms with Gasteiger partial charge in [0.05, 0.1) is 18.3 Å². The van der Waals surface area contributed by atoms with E-state index >= 15 is 0 Å². The molecule has 5 nitrogen and oxygen atoms in total. The number of aliphatic carboxylic acids is 1. The molecule has 1 saturated carbocycles. The van der Waals surface area contributed by atoms with E-state index in [9.17, 15) is 20.1 Å². The number of benzene rings is 1. The molecule has 0 aromatic heterocycles. The number of rotatable bonds is 11. The molecule has 1 fully saturated rings. The van der Waals surface area contributed by atoms with Crippen LogP contribution in [-0.4, -0.2) is 38.6 Å². The lowest BCUT2D eigenvalue weighted by Gasteiger charge is -2.24. The van der Waals surface area contributed by atoms with Crippen molar-refractivity contribution in [2.75, 3.05) is 0 Å². The number of aliphatic hydroxyl groups is 3. The van der Waals surface area contributed by atoms with Gasteiger partial charge in [0.1, 0.15) is 0 Å². The summed E-state index contributed by atoms with van der Waals surface area (Å²) in [4.78, 5) is 10.5. The number of aryl methyl sites for hydroxylation is 1. The van der Waals surface area contributed by atoms with Gasteiger partial charge in [0.2, 0.25) is 0 Å². The highest BCUT2D eigenvalue weighted by Crippen LogP contribution is 2.40. The topological polar surface area (TPSA) is 98.0 Å². The van der Waals surface area contributed by atoms with Crippen LogP contribution < -0.4 is 0 Å². The second-order valence-electron chi connectivity index (χ2n) is 8.05. The Bertz CT molecular complexity index is 571. The molecule has 1 aliphatic rings. The van der Waals surface area contributed by atoms with Gasteiger partial charge in [0, 0.05) is 6.42 Å². The smallest absolute Gasteiger partial charge is 0.303 e. The summed E-state index contributed by atoms with van der Waals surface area (Å²) in [7, 11) is 0. The molecule has 2 rings (SSSR count). The largest absolute Gasteiger partial charge is 0.481 e. The average molecular weight is 379 g/mol. The van der Waals surface area contributed by atoms with Crippen LogP contribution in [0.3, 0.4) is 0 Å². The standard InChI is InChI=1S/C22H34O5/c1-15-8-10-16(11-9-15)19(23)13-12-18-17(20(24)14-21(18)25)6-4-2-3-5-7-22(26)27/h8-11,17-21,23-25H,2-7,12-14H2,1H3,(H,26,27)/t17-,18-,19?,20+,21-/m1/s1. The first-order chi connectivity index (χ1) is 12.9. The SMILES string of the molecule is Cc1ccc(C(O)CC[C@@H]2[C@@H](CCCCCCC(=O)O)[C@@H](O)C[C@H]2O)cc1. The number of unbranched alkanes of at least 4 members (excludes halogenated alkanes) is 3. The summed E-state index contributed by atoms with van der Waals surface area (Å²) in [5, 5.41) is 39.8. The van der Waals surface area contributed by atoms with Crippen LogP contribution in [0.5, 0.6) is 0 Å². The molecule has 0 heterocycles. The van der Waals surface area contributed by atoms with Gasteiger partial charge < -0.3 is 20.4 Å². The van der Waals surface area contributed by atoms with E-state index < -0.39 is 24.3 Å². The number of aliphatic hydroxyl groups excluding tert-OH is 3. The molecular formula is C22H34O5. The molecule has 152 valence electrons. The van der Waals surface area contributed by atoms with Gasteiger partial charge in [-0.1, -0.05) is 49.1 Å². The predicted octanol–water partition coefficient (Wildman–Crippen LogP) is 3.59. The van der Waals surface area contributed by atoms with E-state index in [1.165, 1.54) is 0 Å². The fourth-order valence-corrected chi connectivity index (χ4v) is 4.30. The van der Waals surface area contributed by atoms with Crippen LogP contribution in [0.1, 0.15) is 75.0 Å². The van der Waals surface area contributed by atoms with Crippen molar-refractivity contribution in [1.82, 2.24) is 0 Å². The molecule has 5 atom stereocenters. The number of carboxylic acid groups (broad SMARTS) is 1. The summed E-state index contributed by atoms with van der Waals surface area (Å²) in [6, 6.07) is 7.85. The molecule has 0 amide bonds. The normalized spacial score (nSPS) is 26.2. The number of carboxylic acids is 1. The summed E-state index contributed by atoms with van der Waals surface area (Å²) in [6.07, 6.45) is 4.65. The second-order valence-corrected chi connectivity index (χ2v) is 8.05. The molecule has 1 aromatic carbocycles. The highest BCUT2D eigenvalue weighted by Gasteiger charge is 2.40. The van der Waals surface area contributed by atoms with Crippen LogP contribution >= 0.6 is 0 Å². The summed E-state index contributed by atoms with van der Waals surface area (Å²) >= 11 is 0. The molecule has 1 unspecified atom stereocenters. The maximum Gasteiger partial charge on any atom is 0.303 e. The van der Waals surface area contributed by atoms with E-state index in [1.54, 1.807) is 0 Å². The third-order valence-corrected chi connectivity index (χ3v) is 5.94. The maximum absolute atomic E-state index is 10.5. The van der Waals surface area contributed by atoms with Crippen LogP contribution in [0.4, 0.5) is 0 Å². The molecule has 0 saturated heterocycles. The van der Waals surface area contributed by atoms with Crippen LogP contribution in [-0.2, 0) is 4.79 Å². The number of hydrogen-bond donors (Lipinski definition) is 4. The summed E-state index contributed by atoms with van der Waals surface area (Å²) in [5.41, 5.74) is 2.05. The Hall–Kier alpha value is -1.43. The monoisotopic (exact) mass is 378 g/mol. The molecule has 0 bridgehead atoms. The van der Waals surface area contributed by atoms with Crippen molar-refractivity contribution in [1.29, 1.82) is 0 Å². The zero-order valence-electron chi connectivity index (χ0n) is 16.3. The van der Waals surface area contributed by atoms with Gasteiger partial charge in [-0.15, -0.1) is 0 Å². The zero-order valence-corrected chi connectivity index (χ0v) is 16.3. The fraction of sp³-hybridized carbons (Fsp3) is 0.682. The minimum absolute atomic E-state index is 0.0131. The van der Waals surface area contributed by atoms with Crippen molar-refractivity contribution in [2.45, 2.75) is 83.0 Å². The van der Waals surface area contributed by atoms with E-state index in [4.69, 9.17) is 5.11 Å². The van der Waals surface area contributed by atoms with Gasteiger partial charge in [0.25, 0.3) is 0 Å². The Morgan fingerprint density at radius 1 is 1.00 bits per heavy atom. The zero-order chi connectivity index (χ0) is 19.8. The van der Waals surface area contributed by atoms with E-state index in [-0.39, 0.29) is 18.3 Å². The quantitative estimate of drug-likeness (QED) is 0.441. The van der Waals surface area contributed by atoms with Crippen molar-refractivity contribution < 1.29 is 25.2 Å². The highest BCUT2D eigenvalue weighted by atomic mass is 16.4. The minimum Gasteiger partial charge on any atom is -0.481 e. The fourth-order valence-electron chi connectivity index (χ4n) is 4.30. The Morgan fingerprint density at radius 3 is 2.22 bits per heavy atom.